The minimum absolute atomic E-state index is 0.236. The first kappa shape index (κ1) is 19.6. The zero-order valence-corrected chi connectivity index (χ0v) is 18.0. The molecule has 1 aliphatic rings. The lowest BCUT2D eigenvalue weighted by Gasteiger charge is -2.32. The second-order valence-electron chi connectivity index (χ2n) is 6.17. The first-order valence-electron chi connectivity index (χ1n) is 8.38. The third kappa shape index (κ3) is 3.94. The smallest absolute Gasteiger partial charge is 0.336 e. The van der Waals surface area contributed by atoms with Crippen molar-refractivity contribution in [2.75, 3.05) is 16.8 Å². The summed E-state index contributed by atoms with van der Waals surface area (Å²) >= 11 is 6.78. The zero-order valence-electron chi connectivity index (χ0n) is 14.8. The quantitative estimate of drug-likeness (QED) is 0.603. The number of carbonyl (C=O) groups is 2. The van der Waals surface area contributed by atoms with Crippen molar-refractivity contribution >= 4 is 55.1 Å². The maximum atomic E-state index is 13.2. The highest BCUT2D eigenvalue weighted by molar-refractivity contribution is 9.10. The Morgan fingerprint density at radius 2 is 1.63 bits per heavy atom. The van der Waals surface area contributed by atoms with Gasteiger partial charge in [-0.1, -0.05) is 31.9 Å². The van der Waals surface area contributed by atoms with Gasteiger partial charge in [0.2, 0.25) is 0 Å². The number of ether oxygens (including phenoxy) is 1. The van der Waals surface area contributed by atoms with Crippen molar-refractivity contribution in [1.29, 1.82) is 0 Å². The molecule has 0 bridgehead atoms. The number of amides is 1. The van der Waals surface area contributed by atoms with Gasteiger partial charge in [-0.05, 0) is 68.5 Å². The minimum Gasteiger partial charge on any atom is -0.464 e. The summed E-state index contributed by atoms with van der Waals surface area (Å²) in [5.74, 6) is -0.773. The van der Waals surface area contributed by atoms with Crippen molar-refractivity contribution in [3.05, 3.63) is 69.2 Å². The van der Waals surface area contributed by atoms with Crippen LogP contribution in [0, 0.1) is 0 Å². The zero-order chi connectivity index (χ0) is 19.6. The number of nitrogens with one attached hydrogen (secondary N) is 1. The maximum Gasteiger partial charge on any atom is 0.336 e. The van der Waals surface area contributed by atoms with Crippen molar-refractivity contribution in [3.8, 4) is 0 Å². The number of hydrogen-bond acceptors (Lipinski definition) is 4. The summed E-state index contributed by atoms with van der Waals surface area (Å²) in [6.45, 7) is 3.66. The van der Waals surface area contributed by atoms with E-state index in [2.05, 4.69) is 37.2 Å². The average molecular weight is 494 g/mol. The van der Waals surface area contributed by atoms with Crippen LogP contribution in [-0.2, 0) is 14.3 Å². The Hall–Kier alpha value is -2.12. The summed E-state index contributed by atoms with van der Waals surface area (Å²) in [6.07, 6.45) is 1.62. The van der Waals surface area contributed by atoms with E-state index in [9.17, 15) is 9.59 Å². The predicted molar refractivity (Wildman–Crippen MR) is 113 cm³/mol. The molecule has 0 unspecified atom stereocenters. The van der Waals surface area contributed by atoms with Crippen LogP contribution < -0.4 is 10.2 Å². The van der Waals surface area contributed by atoms with Crippen LogP contribution in [0.15, 0.2) is 69.2 Å². The topological polar surface area (TPSA) is 58.6 Å². The van der Waals surface area contributed by atoms with E-state index in [1.54, 1.807) is 32.1 Å². The first-order chi connectivity index (χ1) is 12.8. The van der Waals surface area contributed by atoms with E-state index in [0.717, 1.165) is 14.6 Å². The molecule has 1 aliphatic heterocycles. The van der Waals surface area contributed by atoms with Crippen LogP contribution in [0.4, 0.5) is 11.4 Å². The van der Waals surface area contributed by atoms with E-state index >= 15 is 0 Å². The summed E-state index contributed by atoms with van der Waals surface area (Å²) in [5, 5.41) is 3.11. The van der Waals surface area contributed by atoms with Crippen molar-refractivity contribution in [1.82, 2.24) is 0 Å². The number of nitrogens with zero attached hydrogens (tertiary/aromatic N) is 1. The van der Waals surface area contributed by atoms with Gasteiger partial charge in [0.1, 0.15) is 5.70 Å². The summed E-state index contributed by atoms with van der Waals surface area (Å²) in [6, 6.07) is 14.7. The molecule has 0 fully saturated rings. The fourth-order valence-electron chi connectivity index (χ4n) is 2.92. The van der Waals surface area contributed by atoms with E-state index in [-0.39, 0.29) is 12.5 Å². The van der Waals surface area contributed by atoms with E-state index in [1.165, 1.54) is 4.90 Å². The van der Waals surface area contributed by atoms with Gasteiger partial charge in [-0.15, -0.1) is 0 Å². The fourth-order valence-corrected chi connectivity index (χ4v) is 3.45. The van der Waals surface area contributed by atoms with E-state index in [0.29, 0.717) is 11.4 Å². The molecule has 1 atom stereocenters. The van der Waals surface area contributed by atoms with Crippen LogP contribution in [0.1, 0.15) is 13.8 Å². The fraction of sp³-hybridized carbons (Fsp3) is 0.200. The van der Waals surface area contributed by atoms with Gasteiger partial charge < -0.3 is 10.1 Å². The van der Waals surface area contributed by atoms with Crippen LogP contribution in [0.5, 0.6) is 0 Å². The minimum atomic E-state index is -1.24. The third-order valence-electron chi connectivity index (χ3n) is 4.22. The Labute approximate surface area is 174 Å². The van der Waals surface area contributed by atoms with Gasteiger partial charge in [0.25, 0.3) is 5.91 Å². The normalized spacial score (nSPS) is 19.0. The average Bonchev–Trinajstić information content (AvgIpc) is 2.90. The molecular weight excluding hydrogens is 476 g/mol. The molecule has 1 N–H and O–H groups in total. The standard InChI is InChI=1S/C20H18Br2N2O3/c1-3-27-19(26)20(2)12-17(23-15-8-4-13(21)5-9-15)18(25)24(20)16-10-6-14(22)7-11-16/h4-12,23H,3H2,1-2H3/t20-/m1/s1. The lowest BCUT2D eigenvalue weighted by molar-refractivity contribution is -0.147. The summed E-state index contributed by atoms with van der Waals surface area (Å²) in [4.78, 5) is 27.3. The molecule has 27 heavy (non-hydrogen) atoms. The van der Waals surface area contributed by atoms with Gasteiger partial charge in [-0.25, -0.2) is 4.79 Å². The van der Waals surface area contributed by atoms with Gasteiger partial charge in [0, 0.05) is 20.3 Å². The highest BCUT2D eigenvalue weighted by Gasteiger charge is 2.49. The Kier molecular flexibility index (Phi) is 5.72. The molecule has 2 aromatic rings. The highest BCUT2D eigenvalue weighted by atomic mass is 79.9. The van der Waals surface area contributed by atoms with Gasteiger partial charge in [-0.3, -0.25) is 9.69 Å². The second kappa shape index (κ2) is 7.86. The first-order valence-corrected chi connectivity index (χ1v) is 9.96. The maximum absolute atomic E-state index is 13.2. The highest BCUT2D eigenvalue weighted by Crippen LogP contribution is 2.35. The Balaban J connectivity index is 1.99. The SMILES string of the molecule is CCOC(=O)[C@@]1(C)C=C(Nc2ccc(Br)cc2)C(=O)N1c1ccc(Br)cc1. The molecule has 140 valence electrons. The molecule has 5 nitrogen and oxygen atoms in total. The van der Waals surface area contributed by atoms with Crippen LogP contribution in [-0.4, -0.2) is 24.0 Å². The molecule has 0 radical (unpaired) electrons. The van der Waals surface area contributed by atoms with Crippen LogP contribution in [0.3, 0.4) is 0 Å². The number of hydrogen-bond donors (Lipinski definition) is 1. The van der Waals surface area contributed by atoms with Crippen LogP contribution in [0.2, 0.25) is 0 Å². The van der Waals surface area contributed by atoms with Crippen molar-refractivity contribution < 1.29 is 14.3 Å². The molecular formula is C20H18Br2N2O3. The number of carbonyl (C=O) groups excluding carboxylic acids is 2. The summed E-state index contributed by atoms with van der Waals surface area (Å²) in [5.41, 5.74) is 0.457. The summed E-state index contributed by atoms with van der Waals surface area (Å²) < 4.78 is 7.07. The molecule has 3 rings (SSSR count). The van der Waals surface area contributed by atoms with Gasteiger partial charge in [0.15, 0.2) is 5.54 Å². The van der Waals surface area contributed by atoms with E-state index < -0.39 is 11.5 Å². The molecule has 0 spiro atoms. The Morgan fingerprint density at radius 3 is 2.19 bits per heavy atom. The molecule has 7 heteroatoms. The predicted octanol–water partition coefficient (Wildman–Crippen LogP) is 4.88. The number of halogens is 2. The van der Waals surface area contributed by atoms with Gasteiger partial charge >= 0.3 is 5.97 Å². The molecule has 1 heterocycles. The van der Waals surface area contributed by atoms with Crippen molar-refractivity contribution in [2.45, 2.75) is 19.4 Å². The molecule has 0 aliphatic carbocycles. The number of anilines is 2. The number of benzene rings is 2. The van der Waals surface area contributed by atoms with Crippen LogP contribution in [0.25, 0.3) is 0 Å². The third-order valence-corrected chi connectivity index (χ3v) is 5.28. The molecule has 0 saturated heterocycles. The Bertz CT molecular complexity index is 894. The van der Waals surface area contributed by atoms with E-state index in [4.69, 9.17) is 4.74 Å². The number of esters is 1. The molecule has 2 aromatic carbocycles. The van der Waals surface area contributed by atoms with Crippen molar-refractivity contribution in [3.63, 3.8) is 0 Å². The monoisotopic (exact) mass is 492 g/mol. The second-order valence-corrected chi connectivity index (χ2v) is 8.01. The Morgan fingerprint density at radius 1 is 1.07 bits per heavy atom. The van der Waals surface area contributed by atoms with Crippen LogP contribution >= 0.6 is 31.9 Å². The van der Waals surface area contributed by atoms with E-state index in [1.807, 2.05) is 36.4 Å². The lowest BCUT2D eigenvalue weighted by atomic mass is 10.0. The molecule has 0 saturated carbocycles. The summed E-state index contributed by atoms with van der Waals surface area (Å²) in [7, 11) is 0. The van der Waals surface area contributed by atoms with Gasteiger partial charge in [-0.2, -0.15) is 0 Å². The van der Waals surface area contributed by atoms with Crippen molar-refractivity contribution in [2.24, 2.45) is 0 Å². The number of rotatable bonds is 5. The lowest BCUT2D eigenvalue weighted by Crippen LogP contribution is -2.51. The molecule has 0 aromatic heterocycles. The van der Waals surface area contributed by atoms with Gasteiger partial charge in [0.05, 0.1) is 6.61 Å². The molecule has 1 amide bonds. The largest absolute Gasteiger partial charge is 0.464 e.